The Morgan fingerprint density at radius 3 is 2.52 bits per heavy atom. The number of furan rings is 2. The molecule has 27 heavy (non-hydrogen) atoms. The van der Waals surface area contributed by atoms with Crippen LogP contribution in [0.25, 0.3) is 0 Å². The molecule has 0 saturated heterocycles. The Bertz CT molecular complexity index is 909. The van der Waals surface area contributed by atoms with Gasteiger partial charge in [-0.25, -0.2) is 4.79 Å². The molecule has 8 nitrogen and oxygen atoms in total. The molecule has 1 atom stereocenters. The van der Waals surface area contributed by atoms with Crippen LogP contribution in [0.4, 0.5) is 16.2 Å². The van der Waals surface area contributed by atoms with Crippen LogP contribution in [0, 0.1) is 0 Å². The first-order valence-electron chi connectivity index (χ1n) is 7.93. The fraction of sp³-hybridized carbons (Fsp3) is 0.111. The number of hydrogen-bond acceptors (Lipinski definition) is 5. The number of aliphatic hydroxyl groups excluding tert-OH is 1. The van der Waals surface area contributed by atoms with Crippen LogP contribution >= 0.6 is 11.6 Å². The molecule has 3 rings (SSSR count). The van der Waals surface area contributed by atoms with Crippen molar-refractivity contribution in [3.05, 3.63) is 71.5 Å². The Kier molecular flexibility index (Phi) is 5.80. The fourth-order valence-corrected chi connectivity index (χ4v) is 2.46. The summed E-state index contributed by atoms with van der Waals surface area (Å²) in [6.45, 7) is -0.0234. The molecule has 3 amide bonds. The molecule has 2 aromatic heterocycles. The molecule has 0 aliphatic carbocycles. The highest BCUT2D eigenvalue weighted by atomic mass is 35.5. The first kappa shape index (κ1) is 18.6. The van der Waals surface area contributed by atoms with Gasteiger partial charge in [-0.05, 0) is 42.5 Å². The maximum Gasteiger partial charge on any atom is 0.319 e. The zero-order valence-corrected chi connectivity index (χ0v) is 14.7. The van der Waals surface area contributed by atoms with Crippen LogP contribution in [0.2, 0.25) is 5.02 Å². The van der Waals surface area contributed by atoms with E-state index in [1.54, 1.807) is 30.3 Å². The predicted molar refractivity (Wildman–Crippen MR) is 98.8 cm³/mol. The van der Waals surface area contributed by atoms with E-state index in [4.69, 9.17) is 20.4 Å². The van der Waals surface area contributed by atoms with Gasteiger partial charge in [-0.1, -0.05) is 11.6 Å². The van der Waals surface area contributed by atoms with Crippen molar-refractivity contribution in [3.8, 4) is 0 Å². The Labute approximate surface area is 159 Å². The van der Waals surface area contributed by atoms with Gasteiger partial charge in [0.05, 0.1) is 29.8 Å². The van der Waals surface area contributed by atoms with Crippen LogP contribution < -0.4 is 16.0 Å². The van der Waals surface area contributed by atoms with Gasteiger partial charge in [-0.2, -0.15) is 0 Å². The van der Waals surface area contributed by atoms with Gasteiger partial charge in [0.15, 0.2) is 5.76 Å². The van der Waals surface area contributed by atoms with Gasteiger partial charge in [0.25, 0.3) is 5.91 Å². The minimum absolute atomic E-state index is 0.0234. The summed E-state index contributed by atoms with van der Waals surface area (Å²) in [7, 11) is 0. The quantitative estimate of drug-likeness (QED) is 0.513. The van der Waals surface area contributed by atoms with Gasteiger partial charge < -0.3 is 29.9 Å². The number of halogens is 1. The van der Waals surface area contributed by atoms with Crippen LogP contribution in [0.1, 0.15) is 22.4 Å². The lowest BCUT2D eigenvalue weighted by atomic mass is 10.2. The number of rotatable bonds is 6. The number of anilines is 2. The van der Waals surface area contributed by atoms with Crippen molar-refractivity contribution in [1.82, 2.24) is 5.32 Å². The molecule has 0 fully saturated rings. The normalized spacial score (nSPS) is 11.6. The largest absolute Gasteiger partial charge is 0.467 e. The van der Waals surface area contributed by atoms with E-state index < -0.39 is 18.0 Å². The second kappa shape index (κ2) is 8.43. The lowest BCUT2D eigenvalue weighted by Gasteiger charge is -2.12. The monoisotopic (exact) mass is 389 g/mol. The average molecular weight is 390 g/mol. The van der Waals surface area contributed by atoms with E-state index >= 15 is 0 Å². The standard InChI is InChI=1S/C18H16ClN3O5/c19-12-9-11(5-6-13(12)22-17(24)16-4-2-8-27-16)21-18(25)20-10-14(23)15-3-1-7-26-15/h1-9,14,23H,10H2,(H,22,24)(H2,20,21,25). The van der Waals surface area contributed by atoms with Crippen molar-refractivity contribution in [2.24, 2.45) is 0 Å². The molecule has 0 saturated carbocycles. The molecule has 0 spiro atoms. The molecule has 1 unspecified atom stereocenters. The summed E-state index contributed by atoms with van der Waals surface area (Å²) in [4.78, 5) is 23.9. The van der Waals surface area contributed by atoms with E-state index in [0.717, 1.165) is 0 Å². The summed E-state index contributed by atoms with van der Waals surface area (Å²) in [6, 6.07) is 10.5. The summed E-state index contributed by atoms with van der Waals surface area (Å²) in [5.74, 6) is 0.0741. The van der Waals surface area contributed by atoms with Crippen molar-refractivity contribution < 1.29 is 23.5 Å². The van der Waals surface area contributed by atoms with E-state index in [1.165, 1.54) is 24.7 Å². The minimum Gasteiger partial charge on any atom is -0.467 e. The first-order valence-corrected chi connectivity index (χ1v) is 8.31. The van der Waals surface area contributed by atoms with Crippen LogP contribution in [-0.4, -0.2) is 23.6 Å². The summed E-state index contributed by atoms with van der Waals surface area (Å²) in [5, 5.41) is 17.8. The lowest BCUT2D eigenvalue weighted by Crippen LogP contribution is -2.32. The second-order valence-corrected chi connectivity index (χ2v) is 5.90. The van der Waals surface area contributed by atoms with Gasteiger partial charge in [0.2, 0.25) is 0 Å². The molecule has 0 aliphatic rings. The van der Waals surface area contributed by atoms with Crippen LogP contribution in [-0.2, 0) is 0 Å². The molecule has 9 heteroatoms. The second-order valence-electron chi connectivity index (χ2n) is 5.49. The molecular formula is C18H16ClN3O5. The molecule has 0 bridgehead atoms. The molecule has 2 heterocycles. The average Bonchev–Trinajstić information content (AvgIpc) is 3.35. The summed E-state index contributed by atoms with van der Waals surface area (Å²) in [5.41, 5.74) is 0.790. The topological polar surface area (TPSA) is 117 Å². The molecule has 0 radical (unpaired) electrons. The van der Waals surface area contributed by atoms with Crippen molar-refractivity contribution >= 4 is 34.9 Å². The maximum atomic E-state index is 12.0. The van der Waals surface area contributed by atoms with Gasteiger partial charge in [-0.15, -0.1) is 0 Å². The lowest BCUT2D eigenvalue weighted by molar-refractivity contribution is 0.0996. The smallest absolute Gasteiger partial charge is 0.319 e. The number of amides is 3. The number of carbonyl (C=O) groups excluding carboxylic acids is 2. The zero-order chi connectivity index (χ0) is 19.2. The van der Waals surface area contributed by atoms with Crippen molar-refractivity contribution in [1.29, 1.82) is 0 Å². The molecule has 4 N–H and O–H groups in total. The summed E-state index contributed by atoms with van der Waals surface area (Å²) < 4.78 is 10.1. The Hall–Kier alpha value is -3.23. The van der Waals surface area contributed by atoms with E-state index in [9.17, 15) is 14.7 Å². The molecule has 1 aromatic carbocycles. The number of urea groups is 1. The number of nitrogens with one attached hydrogen (secondary N) is 3. The third-order valence-electron chi connectivity index (χ3n) is 3.55. The Balaban J connectivity index is 1.54. The molecular weight excluding hydrogens is 374 g/mol. The highest BCUT2D eigenvalue weighted by Gasteiger charge is 2.13. The van der Waals surface area contributed by atoms with Crippen LogP contribution in [0.15, 0.2) is 63.8 Å². The predicted octanol–water partition coefficient (Wildman–Crippen LogP) is 3.63. The maximum absolute atomic E-state index is 12.0. The number of aliphatic hydroxyl groups is 1. The zero-order valence-electron chi connectivity index (χ0n) is 13.9. The van der Waals surface area contributed by atoms with E-state index in [2.05, 4.69) is 16.0 Å². The molecule has 3 aromatic rings. The van der Waals surface area contributed by atoms with E-state index in [-0.39, 0.29) is 17.3 Å². The van der Waals surface area contributed by atoms with Gasteiger partial charge in [-0.3, -0.25) is 4.79 Å². The number of benzene rings is 1. The molecule has 140 valence electrons. The number of carbonyl (C=O) groups is 2. The summed E-state index contributed by atoms with van der Waals surface area (Å²) in [6.07, 6.45) is 1.88. The highest BCUT2D eigenvalue weighted by molar-refractivity contribution is 6.34. The van der Waals surface area contributed by atoms with Crippen molar-refractivity contribution in [3.63, 3.8) is 0 Å². The third-order valence-corrected chi connectivity index (χ3v) is 3.86. The highest BCUT2D eigenvalue weighted by Crippen LogP contribution is 2.26. The number of hydrogen-bond donors (Lipinski definition) is 4. The summed E-state index contributed by atoms with van der Waals surface area (Å²) >= 11 is 6.14. The Morgan fingerprint density at radius 2 is 1.85 bits per heavy atom. The van der Waals surface area contributed by atoms with Gasteiger partial charge in [0.1, 0.15) is 11.9 Å². The van der Waals surface area contributed by atoms with Gasteiger partial charge >= 0.3 is 6.03 Å². The first-order chi connectivity index (χ1) is 13.0. The third kappa shape index (κ3) is 4.90. The Morgan fingerprint density at radius 1 is 1.07 bits per heavy atom. The van der Waals surface area contributed by atoms with Crippen LogP contribution in [0.5, 0.6) is 0 Å². The van der Waals surface area contributed by atoms with Gasteiger partial charge in [0, 0.05) is 5.69 Å². The van der Waals surface area contributed by atoms with E-state index in [1.807, 2.05) is 0 Å². The van der Waals surface area contributed by atoms with Crippen molar-refractivity contribution in [2.75, 3.05) is 17.2 Å². The fourth-order valence-electron chi connectivity index (χ4n) is 2.23. The SMILES string of the molecule is O=C(NCC(O)c1ccco1)Nc1ccc(NC(=O)c2ccco2)c(Cl)c1. The van der Waals surface area contributed by atoms with E-state index in [0.29, 0.717) is 17.1 Å². The van der Waals surface area contributed by atoms with Crippen molar-refractivity contribution in [2.45, 2.75) is 6.10 Å². The minimum atomic E-state index is -0.950. The molecule has 0 aliphatic heterocycles. The van der Waals surface area contributed by atoms with Crippen LogP contribution in [0.3, 0.4) is 0 Å².